The number of rotatable bonds is 57. The van der Waals surface area contributed by atoms with E-state index in [0.29, 0.717) is 19.3 Å². The van der Waals surface area contributed by atoms with Gasteiger partial charge in [-0.3, -0.25) is 14.4 Å². The van der Waals surface area contributed by atoms with Crippen LogP contribution >= 0.6 is 0 Å². The van der Waals surface area contributed by atoms with E-state index in [-0.39, 0.29) is 31.1 Å². The number of hydrogen-bond donors (Lipinski definition) is 0. The van der Waals surface area contributed by atoms with Crippen molar-refractivity contribution in [1.82, 2.24) is 0 Å². The molecule has 0 saturated carbocycles. The third kappa shape index (κ3) is 59.5. The fourth-order valence-corrected chi connectivity index (χ4v) is 8.91. The van der Waals surface area contributed by atoms with Crippen molar-refractivity contribution < 1.29 is 28.6 Å². The van der Waals surface area contributed by atoms with Crippen molar-refractivity contribution in [2.45, 2.75) is 316 Å². The smallest absolute Gasteiger partial charge is 0.306 e. The summed E-state index contributed by atoms with van der Waals surface area (Å²) in [6.07, 6.45) is 81.5. The van der Waals surface area contributed by atoms with Gasteiger partial charge in [0.05, 0.1) is 0 Å². The minimum absolute atomic E-state index is 0.0829. The molecule has 0 amide bonds. The molecule has 6 nitrogen and oxygen atoms in total. The van der Waals surface area contributed by atoms with Gasteiger partial charge in [-0.05, 0) is 96.3 Å². The van der Waals surface area contributed by atoms with Crippen molar-refractivity contribution >= 4 is 17.9 Å². The molecule has 0 heterocycles. The highest BCUT2D eigenvalue weighted by molar-refractivity contribution is 5.71. The van der Waals surface area contributed by atoms with Crippen LogP contribution in [0.1, 0.15) is 310 Å². The summed E-state index contributed by atoms with van der Waals surface area (Å²) in [5.41, 5.74) is 0. The lowest BCUT2D eigenvalue weighted by molar-refractivity contribution is -0.167. The maximum atomic E-state index is 12.9. The number of allylic oxidation sites excluding steroid dienone is 14. The highest BCUT2D eigenvalue weighted by atomic mass is 16.6. The Bertz CT molecular complexity index is 1420. The van der Waals surface area contributed by atoms with Gasteiger partial charge >= 0.3 is 17.9 Å². The van der Waals surface area contributed by atoms with Crippen LogP contribution in [-0.2, 0) is 28.6 Å². The molecule has 1 atom stereocenters. The summed E-state index contributed by atoms with van der Waals surface area (Å²) in [4.78, 5) is 38.3. The van der Waals surface area contributed by atoms with Crippen molar-refractivity contribution in [3.8, 4) is 0 Å². The zero-order valence-electron chi connectivity index (χ0n) is 48.8. The molecule has 0 aliphatic rings. The molecule has 74 heavy (non-hydrogen) atoms. The van der Waals surface area contributed by atoms with Gasteiger partial charge in [-0.2, -0.15) is 0 Å². The fraction of sp³-hybridized carbons (Fsp3) is 0.750. The average Bonchev–Trinajstić information content (AvgIpc) is 3.40. The van der Waals surface area contributed by atoms with Crippen LogP contribution in [0.25, 0.3) is 0 Å². The first kappa shape index (κ1) is 70.6. The van der Waals surface area contributed by atoms with Gasteiger partial charge in [-0.15, -0.1) is 0 Å². The fourth-order valence-electron chi connectivity index (χ4n) is 8.91. The number of unbranched alkanes of at least 4 members (excludes halogenated alkanes) is 32. The second-order valence-corrected chi connectivity index (χ2v) is 20.9. The van der Waals surface area contributed by atoms with E-state index in [4.69, 9.17) is 14.2 Å². The second-order valence-electron chi connectivity index (χ2n) is 20.9. The standard InChI is InChI=1S/C68H118O6/c1-4-7-10-13-16-19-22-25-28-30-31-32-33-34-35-36-37-39-40-43-46-49-52-55-58-61-67(70)73-64-65(63-72-66(69)60-57-54-51-48-45-42-27-24-21-18-15-12-9-6-3)74-68(71)62-59-56-53-50-47-44-41-38-29-26-23-20-17-14-11-8-5-2/h7,10,16,19,24-25,27-28,31-32,34-35,37,39,65H,4-6,8-9,11-15,17-18,20-23,26,29-30,33,36,38,40-64H2,1-3H3/b10-7-,19-16-,27-24-,28-25-,32-31-,35-34-,39-37-. The third-order valence-electron chi connectivity index (χ3n) is 13.6. The number of carbonyl (C=O) groups excluding carboxylic acids is 3. The minimum atomic E-state index is -0.785. The van der Waals surface area contributed by atoms with Crippen molar-refractivity contribution in [3.63, 3.8) is 0 Å². The summed E-state index contributed by atoms with van der Waals surface area (Å²) in [5, 5.41) is 0. The highest BCUT2D eigenvalue weighted by Crippen LogP contribution is 2.16. The molecule has 6 heteroatoms. The van der Waals surface area contributed by atoms with Gasteiger partial charge < -0.3 is 14.2 Å². The molecule has 0 aliphatic heterocycles. The number of carbonyl (C=O) groups is 3. The molecular formula is C68H118O6. The van der Waals surface area contributed by atoms with Crippen molar-refractivity contribution in [1.29, 1.82) is 0 Å². The summed E-state index contributed by atoms with van der Waals surface area (Å²) in [5.74, 6) is -0.892. The molecule has 426 valence electrons. The first-order chi connectivity index (χ1) is 36.5. The lowest BCUT2D eigenvalue weighted by Crippen LogP contribution is -2.30. The highest BCUT2D eigenvalue weighted by Gasteiger charge is 2.19. The van der Waals surface area contributed by atoms with E-state index in [1.165, 1.54) is 154 Å². The molecule has 0 aliphatic carbocycles. The molecule has 0 saturated heterocycles. The van der Waals surface area contributed by atoms with Gasteiger partial charge in [0.2, 0.25) is 0 Å². The second kappa shape index (κ2) is 62.1. The molecule has 0 N–H and O–H groups in total. The summed E-state index contributed by atoms with van der Waals surface area (Å²) >= 11 is 0. The van der Waals surface area contributed by atoms with E-state index < -0.39 is 6.10 Å². The Labute approximate surface area is 458 Å². The maximum absolute atomic E-state index is 12.9. The van der Waals surface area contributed by atoms with E-state index in [0.717, 1.165) is 116 Å². The zero-order chi connectivity index (χ0) is 53.6. The average molecular weight is 1030 g/mol. The summed E-state index contributed by atoms with van der Waals surface area (Å²) < 4.78 is 16.9. The zero-order valence-corrected chi connectivity index (χ0v) is 48.8. The molecular weight excluding hydrogens is 913 g/mol. The maximum Gasteiger partial charge on any atom is 0.306 e. The van der Waals surface area contributed by atoms with Crippen LogP contribution in [0.15, 0.2) is 85.1 Å². The molecule has 0 aromatic carbocycles. The van der Waals surface area contributed by atoms with E-state index >= 15 is 0 Å². The third-order valence-corrected chi connectivity index (χ3v) is 13.6. The van der Waals surface area contributed by atoms with Gasteiger partial charge in [0, 0.05) is 19.3 Å². The van der Waals surface area contributed by atoms with Crippen LogP contribution in [0.3, 0.4) is 0 Å². The van der Waals surface area contributed by atoms with Crippen LogP contribution in [0, 0.1) is 0 Å². The largest absolute Gasteiger partial charge is 0.462 e. The van der Waals surface area contributed by atoms with Gasteiger partial charge in [0.1, 0.15) is 13.2 Å². The van der Waals surface area contributed by atoms with E-state index in [2.05, 4.69) is 106 Å². The number of hydrogen-bond acceptors (Lipinski definition) is 6. The Morgan fingerprint density at radius 2 is 0.527 bits per heavy atom. The predicted molar refractivity (Wildman–Crippen MR) is 321 cm³/mol. The monoisotopic (exact) mass is 1030 g/mol. The predicted octanol–water partition coefficient (Wildman–Crippen LogP) is 21.5. The minimum Gasteiger partial charge on any atom is -0.462 e. The Hall–Kier alpha value is -3.41. The van der Waals surface area contributed by atoms with E-state index in [9.17, 15) is 14.4 Å². The SMILES string of the molecule is CC/C=C\C/C=C\C/C=C\C/C=C\C/C=C\C/C=C\CCCCCCCCC(=O)OCC(COC(=O)CCCCCCC/C=C\CCCCCCC)OC(=O)CCCCCCCCCCCCCCCCCCC. The molecule has 1 unspecified atom stereocenters. The van der Waals surface area contributed by atoms with Crippen molar-refractivity contribution in [3.05, 3.63) is 85.1 Å². The molecule has 0 fully saturated rings. The molecule has 0 bridgehead atoms. The Kier molecular flexibility index (Phi) is 59.3. The molecule has 0 aromatic rings. The first-order valence-electron chi connectivity index (χ1n) is 31.6. The quantitative estimate of drug-likeness (QED) is 0.0261. The lowest BCUT2D eigenvalue weighted by Gasteiger charge is -2.18. The first-order valence-corrected chi connectivity index (χ1v) is 31.6. The summed E-state index contributed by atoms with van der Waals surface area (Å²) in [6, 6.07) is 0. The lowest BCUT2D eigenvalue weighted by atomic mass is 10.0. The molecule has 0 spiro atoms. The van der Waals surface area contributed by atoms with Crippen LogP contribution < -0.4 is 0 Å². The van der Waals surface area contributed by atoms with Gasteiger partial charge in [-0.1, -0.05) is 279 Å². The van der Waals surface area contributed by atoms with Crippen molar-refractivity contribution in [2.24, 2.45) is 0 Å². The Morgan fingerprint density at radius 3 is 0.838 bits per heavy atom. The van der Waals surface area contributed by atoms with E-state index in [1.807, 2.05) is 0 Å². The number of esters is 3. The van der Waals surface area contributed by atoms with Gasteiger partial charge in [0.15, 0.2) is 6.10 Å². The van der Waals surface area contributed by atoms with Crippen LogP contribution in [0.4, 0.5) is 0 Å². The Morgan fingerprint density at radius 1 is 0.284 bits per heavy atom. The summed E-state index contributed by atoms with van der Waals surface area (Å²) in [7, 11) is 0. The van der Waals surface area contributed by atoms with E-state index in [1.54, 1.807) is 0 Å². The molecule has 0 rings (SSSR count). The van der Waals surface area contributed by atoms with Crippen LogP contribution in [0.5, 0.6) is 0 Å². The van der Waals surface area contributed by atoms with Gasteiger partial charge in [-0.25, -0.2) is 0 Å². The molecule has 0 aromatic heterocycles. The number of ether oxygens (including phenoxy) is 3. The molecule has 0 radical (unpaired) electrons. The van der Waals surface area contributed by atoms with Crippen LogP contribution in [0.2, 0.25) is 0 Å². The van der Waals surface area contributed by atoms with Crippen molar-refractivity contribution in [2.75, 3.05) is 13.2 Å². The Balaban J connectivity index is 4.37. The van der Waals surface area contributed by atoms with Crippen LogP contribution in [-0.4, -0.2) is 37.2 Å². The van der Waals surface area contributed by atoms with Gasteiger partial charge in [0.25, 0.3) is 0 Å². The normalized spacial score (nSPS) is 12.6. The summed E-state index contributed by atoms with van der Waals surface area (Å²) in [6.45, 7) is 6.53. The topological polar surface area (TPSA) is 78.9 Å².